The van der Waals surface area contributed by atoms with Gasteiger partial charge in [-0.25, -0.2) is 4.79 Å². The van der Waals surface area contributed by atoms with Gasteiger partial charge in [-0.1, -0.05) is 23.8 Å². The Morgan fingerprint density at radius 2 is 1.90 bits per heavy atom. The average molecular weight is 310 g/mol. The van der Waals surface area contributed by atoms with Gasteiger partial charge in [-0.2, -0.15) is 0 Å². The summed E-state index contributed by atoms with van der Waals surface area (Å²) in [5, 5.41) is 8.97. The number of carbonyl (C=O) groups excluding carboxylic acids is 1. The van der Waals surface area contributed by atoms with E-state index in [2.05, 4.69) is 13.2 Å². The van der Waals surface area contributed by atoms with Crippen molar-refractivity contribution in [3.05, 3.63) is 54.1 Å². The predicted molar refractivity (Wildman–Crippen MR) is 80.9 cm³/mol. The quantitative estimate of drug-likeness (QED) is 0.750. The van der Waals surface area contributed by atoms with Crippen LogP contribution in [0, 0.1) is 0 Å². The van der Waals surface area contributed by atoms with Crippen molar-refractivity contribution in [1.29, 1.82) is 0 Å². The topological polar surface area (TPSA) is 66.8 Å². The molecule has 0 bridgehead atoms. The van der Waals surface area contributed by atoms with Gasteiger partial charge in [0.25, 0.3) is 5.91 Å². The summed E-state index contributed by atoms with van der Waals surface area (Å²) in [7, 11) is 0. The van der Waals surface area contributed by atoms with E-state index in [0.29, 0.717) is 13.1 Å². The molecule has 0 aliphatic rings. The molecule has 0 saturated carbocycles. The van der Waals surface area contributed by atoms with E-state index < -0.39 is 5.97 Å². The van der Waals surface area contributed by atoms with Gasteiger partial charge in [0.1, 0.15) is 5.75 Å². The van der Waals surface area contributed by atoms with E-state index in [0.717, 1.165) is 0 Å². The van der Waals surface area contributed by atoms with E-state index in [1.54, 1.807) is 12.2 Å². The van der Waals surface area contributed by atoms with Crippen LogP contribution in [0.25, 0.3) is 0 Å². The smallest absolute Gasteiger partial charge is 0.335 e. The number of carbonyl (C=O) groups is 2. The average Bonchev–Trinajstić information content (AvgIpc) is 2.45. The molecule has 0 radical (unpaired) electrons. The van der Waals surface area contributed by atoms with E-state index in [-0.39, 0.29) is 28.8 Å². The van der Waals surface area contributed by atoms with E-state index >= 15 is 0 Å². The molecule has 0 aliphatic carbocycles. The maximum absolute atomic E-state index is 12.0. The van der Waals surface area contributed by atoms with Crippen LogP contribution >= 0.6 is 11.6 Å². The molecule has 6 heteroatoms. The first kappa shape index (κ1) is 16.8. The highest BCUT2D eigenvalue weighted by Crippen LogP contribution is 2.25. The molecule has 0 spiro atoms. The van der Waals surface area contributed by atoms with Crippen LogP contribution in [-0.4, -0.2) is 41.6 Å². The third-order valence-electron chi connectivity index (χ3n) is 2.58. The number of halogens is 1. The zero-order chi connectivity index (χ0) is 15.8. The summed E-state index contributed by atoms with van der Waals surface area (Å²) >= 11 is 5.91. The summed E-state index contributed by atoms with van der Waals surface area (Å²) in [5.74, 6) is -1.07. The Hall–Kier alpha value is -2.27. The van der Waals surface area contributed by atoms with Gasteiger partial charge < -0.3 is 14.7 Å². The molecular weight excluding hydrogens is 294 g/mol. The molecule has 0 saturated heterocycles. The molecule has 112 valence electrons. The second-order valence-corrected chi connectivity index (χ2v) is 4.52. The Balaban J connectivity index is 2.69. The Morgan fingerprint density at radius 1 is 1.29 bits per heavy atom. The lowest BCUT2D eigenvalue weighted by Crippen LogP contribution is -2.35. The molecule has 1 rings (SSSR count). The van der Waals surface area contributed by atoms with Gasteiger partial charge >= 0.3 is 5.97 Å². The summed E-state index contributed by atoms with van der Waals surface area (Å²) in [4.78, 5) is 24.2. The molecule has 0 atom stereocenters. The minimum atomic E-state index is -1.08. The van der Waals surface area contributed by atoms with Crippen LogP contribution in [0.3, 0.4) is 0 Å². The van der Waals surface area contributed by atoms with Crippen LogP contribution in [-0.2, 0) is 4.79 Å². The van der Waals surface area contributed by atoms with Gasteiger partial charge in [0.15, 0.2) is 6.61 Å². The van der Waals surface area contributed by atoms with Crippen molar-refractivity contribution in [2.24, 2.45) is 0 Å². The van der Waals surface area contributed by atoms with Gasteiger partial charge in [0, 0.05) is 13.1 Å². The number of aromatic carboxylic acids is 1. The van der Waals surface area contributed by atoms with Crippen molar-refractivity contribution >= 4 is 23.5 Å². The minimum absolute atomic E-state index is 0.0543. The maximum atomic E-state index is 12.0. The van der Waals surface area contributed by atoms with E-state index in [4.69, 9.17) is 21.4 Å². The number of hydrogen-bond acceptors (Lipinski definition) is 3. The number of hydrogen-bond donors (Lipinski definition) is 1. The molecule has 0 unspecified atom stereocenters. The predicted octanol–water partition coefficient (Wildman–Crippen LogP) is 2.62. The first-order valence-electron chi connectivity index (χ1n) is 6.14. The molecule has 1 aromatic carbocycles. The molecule has 0 fully saturated rings. The lowest BCUT2D eigenvalue weighted by molar-refractivity contribution is -0.132. The summed E-state index contributed by atoms with van der Waals surface area (Å²) < 4.78 is 5.32. The van der Waals surface area contributed by atoms with Gasteiger partial charge in [-0.05, 0) is 18.2 Å². The number of amides is 1. The normalized spacial score (nSPS) is 9.76. The summed E-state index contributed by atoms with van der Waals surface area (Å²) in [6.07, 6.45) is 3.21. The zero-order valence-electron chi connectivity index (χ0n) is 11.4. The van der Waals surface area contributed by atoms with Crippen LogP contribution in [0.15, 0.2) is 43.5 Å². The number of benzene rings is 1. The molecular formula is C15H16ClNO4. The second-order valence-electron chi connectivity index (χ2n) is 4.12. The zero-order valence-corrected chi connectivity index (χ0v) is 12.2. The van der Waals surface area contributed by atoms with Gasteiger partial charge in [0.05, 0.1) is 10.6 Å². The second kappa shape index (κ2) is 8.11. The fourth-order valence-corrected chi connectivity index (χ4v) is 1.81. The molecule has 5 nitrogen and oxygen atoms in total. The fourth-order valence-electron chi connectivity index (χ4n) is 1.57. The Labute approximate surface area is 128 Å². The SMILES string of the molecule is C=CCN(CC=C)C(=O)COc1ccc(C(=O)O)cc1Cl. The number of ether oxygens (including phenoxy) is 1. The number of rotatable bonds is 8. The summed E-state index contributed by atoms with van der Waals surface area (Å²) in [5.41, 5.74) is 0.0543. The maximum Gasteiger partial charge on any atom is 0.335 e. The van der Waals surface area contributed by atoms with Crippen LogP contribution < -0.4 is 4.74 Å². The monoisotopic (exact) mass is 309 g/mol. The molecule has 0 aromatic heterocycles. The Bertz CT molecular complexity index is 547. The number of nitrogens with zero attached hydrogens (tertiary/aromatic N) is 1. The summed E-state index contributed by atoms with van der Waals surface area (Å²) in [6.45, 7) is 7.73. The van der Waals surface area contributed by atoms with Crippen LogP contribution in [0.2, 0.25) is 5.02 Å². The molecule has 1 N–H and O–H groups in total. The third kappa shape index (κ3) is 4.96. The van der Waals surface area contributed by atoms with Crippen molar-refractivity contribution in [1.82, 2.24) is 4.90 Å². The van der Waals surface area contributed by atoms with E-state index in [1.807, 2.05) is 0 Å². The highest BCUT2D eigenvalue weighted by Gasteiger charge is 2.13. The van der Waals surface area contributed by atoms with Crippen LogP contribution in [0.1, 0.15) is 10.4 Å². The van der Waals surface area contributed by atoms with E-state index in [1.165, 1.54) is 23.1 Å². The first-order valence-corrected chi connectivity index (χ1v) is 6.52. The lowest BCUT2D eigenvalue weighted by Gasteiger charge is -2.19. The minimum Gasteiger partial charge on any atom is -0.482 e. The molecule has 1 aromatic rings. The van der Waals surface area contributed by atoms with Crippen molar-refractivity contribution in [3.63, 3.8) is 0 Å². The van der Waals surface area contributed by atoms with Crippen molar-refractivity contribution in [2.75, 3.05) is 19.7 Å². The van der Waals surface area contributed by atoms with Crippen LogP contribution in [0.4, 0.5) is 0 Å². The first-order chi connectivity index (χ1) is 9.99. The van der Waals surface area contributed by atoms with Gasteiger partial charge in [-0.15, -0.1) is 13.2 Å². The number of carboxylic acids is 1. The van der Waals surface area contributed by atoms with E-state index in [9.17, 15) is 9.59 Å². The van der Waals surface area contributed by atoms with Crippen LogP contribution in [0.5, 0.6) is 5.75 Å². The Kier molecular flexibility index (Phi) is 6.49. The largest absolute Gasteiger partial charge is 0.482 e. The molecule has 21 heavy (non-hydrogen) atoms. The highest BCUT2D eigenvalue weighted by atomic mass is 35.5. The lowest BCUT2D eigenvalue weighted by atomic mass is 10.2. The van der Waals surface area contributed by atoms with Gasteiger partial charge in [-0.3, -0.25) is 4.79 Å². The standard InChI is InChI=1S/C15H16ClNO4/c1-3-7-17(8-4-2)14(18)10-21-13-6-5-11(15(19)20)9-12(13)16/h3-6,9H,1-2,7-8,10H2,(H,19,20). The van der Waals surface area contributed by atoms with Crippen molar-refractivity contribution < 1.29 is 19.4 Å². The van der Waals surface area contributed by atoms with Crippen molar-refractivity contribution in [2.45, 2.75) is 0 Å². The third-order valence-corrected chi connectivity index (χ3v) is 2.88. The number of carboxylic acid groups (broad SMARTS) is 1. The van der Waals surface area contributed by atoms with Gasteiger partial charge in [0.2, 0.25) is 0 Å². The molecule has 0 heterocycles. The highest BCUT2D eigenvalue weighted by molar-refractivity contribution is 6.32. The fraction of sp³-hybridized carbons (Fsp3) is 0.200. The molecule has 1 amide bonds. The Morgan fingerprint density at radius 3 is 2.38 bits per heavy atom. The molecule has 0 aliphatic heterocycles. The van der Waals surface area contributed by atoms with Crippen molar-refractivity contribution in [3.8, 4) is 5.75 Å². The summed E-state index contributed by atoms with van der Waals surface area (Å²) in [6, 6.07) is 4.05.